The van der Waals surface area contributed by atoms with Crippen molar-refractivity contribution in [2.75, 3.05) is 0 Å². The van der Waals surface area contributed by atoms with Crippen LogP contribution in [0.3, 0.4) is 0 Å². The van der Waals surface area contributed by atoms with E-state index in [9.17, 15) is 14.0 Å². The first-order valence-corrected chi connectivity index (χ1v) is 9.40. The van der Waals surface area contributed by atoms with E-state index in [1.807, 2.05) is 30.3 Å². The van der Waals surface area contributed by atoms with Crippen molar-refractivity contribution >= 4 is 5.91 Å². The van der Waals surface area contributed by atoms with Crippen LogP contribution >= 0.6 is 0 Å². The zero-order chi connectivity index (χ0) is 19.5. The van der Waals surface area contributed by atoms with Gasteiger partial charge in [0.1, 0.15) is 11.4 Å². The number of nitrogens with zero attached hydrogens (tertiary/aromatic N) is 2. The maximum absolute atomic E-state index is 13.5. The summed E-state index contributed by atoms with van der Waals surface area (Å²) in [6.07, 6.45) is 3.51. The van der Waals surface area contributed by atoms with Gasteiger partial charge < -0.3 is 9.47 Å². The van der Waals surface area contributed by atoms with Crippen molar-refractivity contribution < 1.29 is 9.18 Å². The van der Waals surface area contributed by atoms with Crippen LogP contribution < -0.4 is 5.56 Å². The van der Waals surface area contributed by atoms with Crippen LogP contribution in [0.2, 0.25) is 0 Å². The summed E-state index contributed by atoms with van der Waals surface area (Å²) in [5, 5.41) is 0. The number of aromatic nitrogens is 1. The standard InChI is InChI=1S/C23H21FN2O2/c24-19-9-4-8-18(14-19)16-26(20-11-12-20)23(28)21-10-5-13-25(22(21)27)15-17-6-2-1-3-7-17/h1-10,13-14,20H,11-12,15-16H2. The Morgan fingerprint density at radius 2 is 1.75 bits per heavy atom. The normalized spacial score (nSPS) is 13.3. The summed E-state index contributed by atoms with van der Waals surface area (Å²) in [6, 6.07) is 19.3. The second-order valence-electron chi connectivity index (χ2n) is 7.13. The van der Waals surface area contributed by atoms with Crippen LogP contribution in [0.1, 0.15) is 34.3 Å². The molecule has 0 saturated heterocycles. The van der Waals surface area contributed by atoms with Gasteiger partial charge in [-0.25, -0.2) is 4.39 Å². The minimum absolute atomic E-state index is 0.109. The summed E-state index contributed by atoms with van der Waals surface area (Å²) in [5.41, 5.74) is 1.57. The molecule has 1 saturated carbocycles. The van der Waals surface area contributed by atoms with Crippen molar-refractivity contribution in [1.82, 2.24) is 9.47 Å². The van der Waals surface area contributed by atoms with Gasteiger partial charge in [0, 0.05) is 18.8 Å². The Morgan fingerprint density at radius 3 is 2.46 bits per heavy atom. The van der Waals surface area contributed by atoms with Gasteiger partial charge in [0.25, 0.3) is 11.5 Å². The van der Waals surface area contributed by atoms with Gasteiger partial charge in [0.05, 0.1) is 6.54 Å². The molecule has 0 aliphatic heterocycles. The molecule has 142 valence electrons. The first kappa shape index (κ1) is 18.2. The third kappa shape index (κ3) is 4.03. The number of pyridine rings is 1. The highest BCUT2D eigenvalue weighted by Gasteiger charge is 2.34. The molecule has 5 heteroatoms. The molecule has 0 spiro atoms. The van der Waals surface area contributed by atoms with Crippen LogP contribution in [0.5, 0.6) is 0 Å². The Balaban J connectivity index is 1.60. The van der Waals surface area contributed by atoms with Gasteiger partial charge in [0.2, 0.25) is 0 Å². The quantitative estimate of drug-likeness (QED) is 0.656. The lowest BCUT2D eigenvalue weighted by Crippen LogP contribution is -2.37. The van der Waals surface area contributed by atoms with Gasteiger partial charge in [-0.15, -0.1) is 0 Å². The maximum atomic E-state index is 13.5. The zero-order valence-electron chi connectivity index (χ0n) is 15.4. The van der Waals surface area contributed by atoms with E-state index in [0.717, 1.165) is 24.0 Å². The molecule has 1 aliphatic rings. The second kappa shape index (κ2) is 7.80. The first-order valence-electron chi connectivity index (χ1n) is 9.40. The fourth-order valence-corrected chi connectivity index (χ4v) is 3.34. The Morgan fingerprint density at radius 1 is 1.00 bits per heavy atom. The van der Waals surface area contributed by atoms with Gasteiger partial charge in [-0.1, -0.05) is 42.5 Å². The van der Waals surface area contributed by atoms with Gasteiger partial charge in [-0.05, 0) is 48.2 Å². The lowest BCUT2D eigenvalue weighted by atomic mass is 10.1. The minimum atomic E-state index is -0.328. The number of halogens is 1. The van der Waals surface area contributed by atoms with E-state index in [2.05, 4.69) is 0 Å². The predicted octanol–water partition coefficient (Wildman–Crippen LogP) is 3.84. The molecule has 0 radical (unpaired) electrons. The minimum Gasteiger partial charge on any atom is -0.331 e. The van der Waals surface area contributed by atoms with Crippen molar-refractivity contribution in [1.29, 1.82) is 0 Å². The molecule has 28 heavy (non-hydrogen) atoms. The molecule has 4 rings (SSSR count). The molecule has 1 aliphatic carbocycles. The molecule has 1 fully saturated rings. The van der Waals surface area contributed by atoms with Crippen LogP contribution in [-0.4, -0.2) is 21.4 Å². The average molecular weight is 376 g/mol. The van der Waals surface area contributed by atoms with Gasteiger partial charge in [-0.2, -0.15) is 0 Å². The number of hydrogen-bond acceptors (Lipinski definition) is 2. The molecular formula is C23H21FN2O2. The lowest BCUT2D eigenvalue weighted by molar-refractivity contribution is 0.0727. The van der Waals surface area contributed by atoms with E-state index in [-0.39, 0.29) is 28.9 Å². The lowest BCUT2D eigenvalue weighted by Gasteiger charge is -2.23. The van der Waals surface area contributed by atoms with Crippen LogP contribution in [-0.2, 0) is 13.1 Å². The van der Waals surface area contributed by atoms with Crippen molar-refractivity contribution in [2.24, 2.45) is 0 Å². The van der Waals surface area contributed by atoms with Crippen LogP contribution in [0, 0.1) is 5.82 Å². The first-order chi connectivity index (χ1) is 13.6. The number of rotatable bonds is 6. The molecule has 1 heterocycles. The summed E-state index contributed by atoms with van der Waals surface area (Å²) in [4.78, 5) is 27.8. The highest BCUT2D eigenvalue weighted by molar-refractivity contribution is 5.94. The fourth-order valence-electron chi connectivity index (χ4n) is 3.34. The molecule has 2 aromatic carbocycles. The topological polar surface area (TPSA) is 42.3 Å². The Hall–Kier alpha value is -3.21. The Kier molecular flexibility index (Phi) is 5.06. The van der Waals surface area contributed by atoms with Crippen LogP contribution in [0.15, 0.2) is 77.7 Å². The summed E-state index contributed by atoms with van der Waals surface area (Å²) >= 11 is 0. The van der Waals surface area contributed by atoms with E-state index in [4.69, 9.17) is 0 Å². The third-order valence-corrected chi connectivity index (χ3v) is 4.94. The van der Waals surface area contributed by atoms with Crippen molar-refractivity contribution in [3.05, 3.63) is 106 Å². The summed E-state index contributed by atoms with van der Waals surface area (Å²) in [6.45, 7) is 0.711. The number of benzene rings is 2. The second-order valence-corrected chi connectivity index (χ2v) is 7.13. The van der Waals surface area contributed by atoms with Gasteiger partial charge in [-0.3, -0.25) is 9.59 Å². The third-order valence-electron chi connectivity index (χ3n) is 4.94. The van der Waals surface area contributed by atoms with E-state index in [0.29, 0.717) is 13.1 Å². The Bertz CT molecular complexity index is 1040. The molecule has 1 amide bonds. The van der Waals surface area contributed by atoms with Crippen molar-refractivity contribution in [2.45, 2.75) is 32.0 Å². The van der Waals surface area contributed by atoms with E-state index in [1.165, 1.54) is 12.1 Å². The number of hydrogen-bond donors (Lipinski definition) is 0. The predicted molar refractivity (Wildman–Crippen MR) is 106 cm³/mol. The monoisotopic (exact) mass is 376 g/mol. The number of carbonyl (C=O) groups excluding carboxylic acids is 1. The van der Waals surface area contributed by atoms with E-state index in [1.54, 1.807) is 39.9 Å². The summed E-state index contributed by atoms with van der Waals surface area (Å²) in [7, 11) is 0. The summed E-state index contributed by atoms with van der Waals surface area (Å²) in [5.74, 6) is -0.621. The van der Waals surface area contributed by atoms with Gasteiger partial charge >= 0.3 is 0 Å². The molecule has 0 bridgehead atoms. The number of carbonyl (C=O) groups is 1. The van der Waals surface area contributed by atoms with Gasteiger partial charge in [0.15, 0.2) is 0 Å². The largest absolute Gasteiger partial charge is 0.331 e. The molecule has 0 unspecified atom stereocenters. The average Bonchev–Trinajstić information content (AvgIpc) is 3.53. The zero-order valence-corrected chi connectivity index (χ0v) is 15.4. The molecule has 4 nitrogen and oxygen atoms in total. The molecular weight excluding hydrogens is 355 g/mol. The van der Waals surface area contributed by atoms with Crippen molar-refractivity contribution in [3.63, 3.8) is 0 Å². The SMILES string of the molecule is O=C(c1cccn(Cc2ccccc2)c1=O)N(Cc1cccc(F)c1)C1CC1. The van der Waals surface area contributed by atoms with Crippen LogP contribution in [0.25, 0.3) is 0 Å². The van der Waals surface area contributed by atoms with Crippen molar-refractivity contribution in [3.8, 4) is 0 Å². The maximum Gasteiger partial charge on any atom is 0.263 e. The van der Waals surface area contributed by atoms with E-state index >= 15 is 0 Å². The van der Waals surface area contributed by atoms with E-state index < -0.39 is 0 Å². The molecule has 0 atom stereocenters. The molecule has 0 N–H and O–H groups in total. The smallest absolute Gasteiger partial charge is 0.263 e. The highest BCUT2D eigenvalue weighted by Crippen LogP contribution is 2.29. The van der Waals surface area contributed by atoms with Crippen LogP contribution in [0.4, 0.5) is 4.39 Å². The molecule has 1 aromatic heterocycles. The number of amides is 1. The fraction of sp³-hybridized carbons (Fsp3) is 0.217. The molecule has 3 aromatic rings. The summed E-state index contributed by atoms with van der Waals surface area (Å²) < 4.78 is 15.1. The highest BCUT2D eigenvalue weighted by atomic mass is 19.1. The Labute approximate surface area is 162 Å².